The number of hydrogen-bond donors (Lipinski definition) is 1. The molecule has 0 unspecified atom stereocenters. The fraction of sp³-hybridized carbons (Fsp3) is 0.529. The molecule has 0 saturated carbocycles. The summed E-state index contributed by atoms with van der Waals surface area (Å²) in [7, 11) is 0. The quantitative estimate of drug-likeness (QED) is 0.759. The van der Waals surface area contributed by atoms with Crippen LogP contribution in [0.1, 0.15) is 55.5 Å². The third-order valence-electron chi connectivity index (χ3n) is 3.45. The maximum atomic E-state index is 12.4. The molecular weight excluding hydrogens is 266 g/mol. The molecule has 1 N–H and O–H groups in total. The fourth-order valence-corrected chi connectivity index (χ4v) is 2.16. The van der Waals surface area contributed by atoms with E-state index in [4.69, 9.17) is 5.11 Å². The number of rotatable bonds is 9. The van der Waals surface area contributed by atoms with Gasteiger partial charge < -0.3 is 10.0 Å². The van der Waals surface area contributed by atoms with Crippen LogP contribution in [0.3, 0.4) is 0 Å². The van der Waals surface area contributed by atoms with E-state index < -0.39 is 5.97 Å². The SMILES string of the molecule is CCCCN(CCCC)C(=O)Cc1cccc(C(=O)O)c1. The van der Waals surface area contributed by atoms with Gasteiger partial charge in [-0.1, -0.05) is 38.8 Å². The van der Waals surface area contributed by atoms with Gasteiger partial charge in [0, 0.05) is 13.1 Å². The van der Waals surface area contributed by atoms with Gasteiger partial charge in [-0.05, 0) is 30.5 Å². The lowest BCUT2D eigenvalue weighted by atomic mass is 10.1. The number of carbonyl (C=O) groups is 2. The second-order valence-corrected chi connectivity index (χ2v) is 5.27. The molecule has 4 heteroatoms. The molecule has 0 saturated heterocycles. The van der Waals surface area contributed by atoms with Crippen LogP contribution in [-0.2, 0) is 11.2 Å². The summed E-state index contributed by atoms with van der Waals surface area (Å²) < 4.78 is 0. The molecule has 0 aliphatic heterocycles. The van der Waals surface area contributed by atoms with E-state index >= 15 is 0 Å². The predicted molar refractivity (Wildman–Crippen MR) is 83.5 cm³/mol. The Labute approximate surface area is 126 Å². The average Bonchev–Trinajstić information content (AvgIpc) is 2.47. The molecule has 1 rings (SSSR count). The van der Waals surface area contributed by atoms with Crippen molar-refractivity contribution < 1.29 is 14.7 Å². The van der Waals surface area contributed by atoms with Crippen molar-refractivity contribution in [3.63, 3.8) is 0 Å². The topological polar surface area (TPSA) is 57.6 Å². The smallest absolute Gasteiger partial charge is 0.335 e. The summed E-state index contributed by atoms with van der Waals surface area (Å²) >= 11 is 0. The van der Waals surface area contributed by atoms with E-state index in [9.17, 15) is 9.59 Å². The lowest BCUT2D eigenvalue weighted by molar-refractivity contribution is -0.130. The highest BCUT2D eigenvalue weighted by Gasteiger charge is 2.14. The lowest BCUT2D eigenvalue weighted by Crippen LogP contribution is -2.34. The van der Waals surface area contributed by atoms with Crippen LogP contribution in [0.2, 0.25) is 0 Å². The van der Waals surface area contributed by atoms with Gasteiger partial charge in [-0.25, -0.2) is 4.79 Å². The Morgan fingerprint density at radius 1 is 1.10 bits per heavy atom. The van der Waals surface area contributed by atoms with Crippen molar-refractivity contribution in [2.75, 3.05) is 13.1 Å². The first-order chi connectivity index (χ1) is 10.1. The number of aromatic carboxylic acids is 1. The van der Waals surface area contributed by atoms with E-state index in [2.05, 4.69) is 13.8 Å². The highest BCUT2D eigenvalue weighted by Crippen LogP contribution is 2.09. The molecule has 0 bridgehead atoms. The molecule has 1 aromatic rings. The van der Waals surface area contributed by atoms with Gasteiger partial charge in [-0.15, -0.1) is 0 Å². The van der Waals surface area contributed by atoms with Crippen LogP contribution in [0.15, 0.2) is 24.3 Å². The van der Waals surface area contributed by atoms with Gasteiger partial charge in [0.15, 0.2) is 0 Å². The number of unbranched alkanes of at least 4 members (excludes halogenated alkanes) is 2. The second kappa shape index (κ2) is 9.16. The molecule has 0 fully saturated rings. The van der Waals surface area contributed by atoms with E-state index in [-0.39, 0.29) is 17.9 Å². The summed E-state index contributed by atoms with van der Waals surface area (Å²) in [6, 6.07) is 6.62. The van der Waals surface area contributed by atoms with Crippen LogP contribution >= 0.6 is 0 Å². The van der Waals surface area contributed by atoms with Crippen molar-refractivity contribution in [1.29, 1.82) is 0 Å². The minimum absolute atomic E-state index is 0.0828. The summed E-state index contributed by atoms with van der Waals surface area (Å²) in [5, 5.41) is 8.99. The van der Waals surface area contributed by atoms with Gasteiger partial charge in [-0.2, -0.15) is 0 Å². The number of carboxylic acids is 1. The zero-order valence-electron chi connectivity index (χ0n) is 13.0. The number of carboxylic acid groups (broad SMARTS) is 1. The lowest BCUT2D eigenvalue weighted by Gasteiger charge is -2.22. The molecule has 0 aromatic heterocycles. The van der Waals surface area contributed by atoms with Gasteiger partial charge in [-0.3, -0.25) is 4.79 Å². The van der Waals surface area contributed by atoms with Gasteiger partial charge in [0.2, 0.25) is 5.91 Å². The van der Waals surface area contributed by atoms with E-state index in [1.807, 2.05) is 11.0 Å². The number of benzene rings is 1. The molecule has 0 heterocycles. The zero-order chi connectivity index (χ0) is 15.7. The Morgan fingerprint density at radius 2 is 1.71 bits per heavy atom. The van der Waals surface area contributed by atoms with E-state index in [0.29, 0.717) is 0 Å². The highest BCUT2D eigenvalue weighted by molar-refractivity contribution is 5.88. The Bertz CT molecular complexity index is 463. The molecule has 0 aliphatic carbocycles. The maximum absolute atomic E-state index is 12.4. The van der Waals surface area contributed by atoms with Crippen LogP contribution in [-0.4, -0.2) is 35.0 Å². The van der Waals surface area contributed by atoms with Crippen molar-refractivity contribution in [3.8, 4) is 0 Å². The van der Waals surface area contributed by atoms with Gasteiger partial charge in [0.05, 0.1) is 12.0 Å². The Hall–Kier alpha value is -1.84. The largest absolute Gasteiger partial charge is 0.478 e. The van der Waals surface area contributed by atoms with Crippen molar-refractivity contribution >= 4 is 11.9 Å². The van der Waals surface area contributed by atoms with Crippen molar-refractivity contribution in [1.82, 2.24) is 4.90 Å². The predicted octanol–water partition coefficient (Wildman–Crippen LogP) is 3.36. The third kappa shape index (κ3) is 5.98. The van der Waals surface area contributed by atoms with Crippen LogP contribution in [0.25, 0.3) is 0 Å². The molecule has 4 nitrogen and oxygen atoms in total. The monoisotopic (exact) mass is 291 g/mol. The number of amides is 1. The van der Waals surface area contributed by atoms with Crippen molar-refractivity contribution in [2.24, 2.45) is 0 Å². The molecular formula is C17H25NO3. The summed E-state index contributed by atoms with van der Waals surface area (Å²) in [5.41, 5.74) is 0.992. The maximum Gasteiger partial charge on any atom is 0.335 e. The van der Waals surface area contributed by atoms with E-state index in [1.165, 1.54) is 0 Å². The normalized spacial score (nSPS) is 10.4. The van der Waals surface area contributed by atoms with Gasteiger partial charge >= 0.3 is 5.97 Å². The molecule has 0 atom stereocenters. The van der Waals surface area contributed by atoms with E-state index in [1.54, 1.807) is 18.2 Å². The van der Waals surface area contributed by atoms with Crippen LogP contribution in [0, 0.1) is 0 Å². The number of hydrogen-bond acceptors (Lipinski definition) is 2. The minimum Gasteiger partial charge on any atom is -0.478 e. The standard InChI is InChI=1S/C17H25NO3/c1-3-5-10-18(11-6-4-2)16(19)13-14-8-7-9-15(12-14)17(20)21/h7-9,12H,3-6,10-11,13H2,1-2H3,(H,20,21). The van der Waals surface area contributed by atoms with Crippen LogP contribution in [0.5, 0.6) is 0 Å². The molecule has 1 amide bonds. The summed E-state index contributed by atoms with van der Waals surface area (Å²) in [5.74, 6) is -0.877. The molecule has 116 valence electrons. The molecule has 0 spiro atoms. The van der Waals surface area contributed by atoms with Gasteiger partial charge in [0.1, 0.15) is 0 Å². The summed E-state index contributed by atoms with van der Waals surface area (Å²) in [6.07, 6.45) is 4.40. The third-order valence-corrected chi connectivity index (χ3v) is 3.45. The highest BCUT2D eigenvalue weighted by atomic mass is 16.4. The molecule has 0 radical (unpaired) electrons. The fourth-order valence-electron chi connectivity index (χ4n) is 2.16. The average molecular weight is 291 g/mol. The first kappa shape index (κ1) is 17.2. The minimum atomic E-state index is -0.960. The first-order valence-corrected chi connectivity index (χ1v) is 7.68. The van der Waals surface area contributed by atoms with Crippen LogP contribution < -0.4 is 0 Å². The van der Waals surface area contributed by atoms with Crippen molar-refractivity contribution in [2.45, 2.75) is 46.0 Å². The van der Waals surface area contributed by atoms with Gasteiger partial charge in [0.25, 0.3) is 0 Å². The van der Waals surface area contributed by atoms with Crippen LogP contribution in [0.4, 0.5) is 0 Å². The Kier molecular flexibility index (Phi) is 7.51. The van der Waals surface area contributed by atoms with Crippen molar-refractivity contribution in [3.05, 3.63) is 35.4 Å². The number of nitrogens with zero attached hydrogens (tertiary/aromatic N) is 1. The summed E-state index contributed by atoms with van der Waals surface area (Å²) in [4.78, 5) is 25.2. The molecule has 0 aliphatic rings. The first-order valence-electron chi connectivity index (χ1n) is 7.68. The van der Waals surface area contributed by atoms with E-state index in [0.717, 1.165) is 44.3 Å². The second-order valence-electron chi connectivity index (χ2n) is 5.27. The summed E-state index contributed by atoms with van der Waals surface area (Å²) in [6.45, 7) is 5.79. The number of carbonyl (C=O) groups excluding carboxylic acids is 1. The Morgan fingerprint density at radius 3 is 2.24 bits per heavy atom. The molecule has 1 aromatic carbocycles. The Balaban J connectivity index is 2.70. The molecule has 21 heavy (non-hydrogen) atoms. The zero-order valence-corrected chi connectivity index (χ0v) is 13.0.